The van der Waals surface area contributed by atoms with E-state index in [4.69, 9.17) is 4.74 Å². The molecule has 0 saturated carbocycles. The van der Waals surface area contributed by atoms with E-state index >= 15 is 0 Å². The maximum Gasteiger partial charge on any atom is 0.109 e. The summed E-state index contributed by atoms with van der Waals surface area (Å²) in [6.07, 6.45) is 4.41. The Morgan fingerprint density at radius 1 is 1.50 bits per heavy atom. The average Bonchev–Trinajstić information content (AvgIpc) is 2.59. The van der Waals surface area contributed by atoms with Crippen LogP contribution in [0.4, 0.5) is 0 Å². The first-order valence-electron chi connectivity index (χ1n) is 4.28. The van der Waals surface area contributed by atoms with Gasteiger partial charge in [-0.3, -0.25) is 4.98 Å². The molecule has 4 nitrogen and oxygen atoms in total. The number of hydrogen-bond acceptors (Lipinski definition) is 3. The second-order valence-electron chi connectivity index (χ2n) is 2.94. The number of aromatic nitrogens is 3. The fourth-order valence-electron chi connectivity index (χ4n) is 1.27. The van der Waals surface area contributed by atoms with Gasteiger partial charge in [0.05, 0.1) is 21.9 Å². The van der Waals surface area contributed by atoms with E-state index in [0.29, 0.717) is 6.61 Å². The van der Waals surface area contributed by atoms with Gasteiger partial charge in [-0.1, -0.05) is 0 Å². The third kappa shape index (κ3) is 1.88. The zero-order valence-electron chi connectivity index (χ0n) is 7.75. The topological polar surface area (TPSA) is 50.8 Å². The van der Waals surface area contributed by atoms with Crippen LogP contribution in [0.5, 0.6) is 0 Å². The van der Waals surface area contributed by atoms with E-state index in [9.17, 15) is 0 Å². The van der Waals surface area contributed by atoms with Gasteiger partial charge in [-0.05, 0) is 22.6 Å². The van der Waals surface area contributed by atoms with E-state index < -0.39 is 0 Å². The van der Waals surface area contributed by atoms with Crippen molar-refractivity contribution in [3.8, 4) is 0 Å². The highest BCUT2D eigenvalue weighted by Gasteiger charge is 2.05. The molecule has 0 aliphatic carbocycles. The van der Waals surface area contributed by atoms with E-state index in [1.54, 1.807) is 13.3 Å². The number of rotatable bonds is 3. The smallest absolute Gasteiger partial charge is 0.109 e. The van der Waals surface area contributed by atoms with E-state index in [1.807, 2.05) is 6.20 Å². The summed E-state index contributed by atoms with van der Waals surface area (Å²) in [5.41, 5.74) is 1.98. The Hall–Kier alpha value is -0.690. The fourth-order valence-corrected chi connectivity index (χ4v) is 1.84. The molecule has 14 heavy (non-hydrogen) atoms. The zero-order chi connectivity index (χ0) is 9.97. The molecule has 0 spiro atoms. The highest BCUT2D eigenvalue weighted by molar-refractivity contribution is 14.1. The Morgan fingerprint density at radius 3 is 3.07 bits per heavy atom. The number of fused-ring (bicyclic) bond motifs is 1. The minimum absolute atomic E-state index is 0.684. The molecule has 0 fully saturated rings. The highest BCUT2D eigenvalue weighted by Crippen LogP contribution is 2.16. The van der Waals surface area contributed by atoms with Crippen LogP contribution in [0.15, 0.2) is 12.4 Å². The second-order valence-corrected chi connectivity index (χ2v) is 4.11. The van der Waals surface area contributed by atoms with Gasteiger partial charge in [0.25, 0.3) is 0 Å². The van der Waals surface area contributed by atoms with Crippen LogP contribution in [0.3, 0.4) is 0 Å². The number of aromatic amines is 1. The molecule has 0 bridgehead atoms. The molecular weight excluding hydrogens is 293 g/mol. The summed E-state index contributed by atoms with van der Waals surface area (Å²) in [5, 5.41) is 0. The van der Waals surface area contributed by atoms with Gasteiger partial charge in [-0.15, -0.1) is 0 Å². The Labute approximate surface area is 95.2 Å². The third-order valence-corrected chi connectivity index (χ3v) is 2.73. The number of hydrogen-bond donors (Lipinski definition) is 1. The Balaban J connectivity index is 2.36. The van der Waals surface area contributed by atoms with Gasteiger partial charge < -0.3 is 9.72 Å². The predicted octanol–water partition coefficient (Wildman–Crippen LogP) is 1.75. The van der Waals surface area contributed by atoms with Crippen LogP contribution in [0.2, 0.25) is 0 Å². The van der Waals surface area contributed by atoms with Crippen LogP contribution < -0.4 is 0 Å². The van der Waals surface area contributed by atoms with Crippen LogP contribution in [0.1, 0.15) is 5.82 Å². The first-order chi connectivity index (χ1) is 6.81. The molecule has 0 saturated heterocycles. The van der Waals surface area contributed by atoms with Crippen molar-refractivity contribution in [3.63, 3.8) is 0 Å². The van der Waals surface area contributed by atoms with Crippen molar-refractivity contribution in [3.05, 3.63) is 21.8 Å². The van der Waals surface area contributed by atoms with Crippen molar-refractivity contribution in [2.45, 2.75) is 6.42 Å². The predicted molar refractivity (Wildman–Crippen MR) is 62.2 cm³/mol. The van der Waals surface area contributed by atoms with Crippen LogP contribution in [-0.4, -0.2) is 28.7 Å². The summed E-state index contributed by atoms with van der Waals surface area (Å²) in [6.45, 7) is 0.684. The number of nitrogens with zero attached hydrogens (tertiary/aromatic N) is 2. The molecule has 2 heterocycles. The molecule has 0 aliphatic rings. The minimum atomic E-state index is 0.684. The van der Waals surface area contributed by atoms with Crippen molar-refractivity contribution >= 4 is 33.6 Å². The van der Waals surface area contributed by atoms with E-state index in [0.717, 1.165) is 26.8 Å². The van der Waals surface area contributed by atoms with Gasteiger partial charge in [-0.25, -0.2) is 4.98 Å². The largest absolute Gasteiger partial charge is 0.384 e. The molecule has 0 aromatic carbocycles. The number of halogens is 1. The normalized spacial score (nSPS) is 11.0. The first kappa shape index (κ1) is 9.85. The van der Waals surface area contributed by atoms with Crippen molar-refractivity contribution in [2.75, 3.05) is 13.7 Å². The molecule has 2 aromatic rings. The SMILES string of the molecule is COCCc1nc2c(I)cncc2[nH]1. The summed E-state index contributed by atoms with van der Waals surface area (Å²) in [6, 6.07) is 0. The molecule has 5 heteroatoms. The summed E-state index contributed by atoms with van der Waals surface area (Å²) in [4.78, 5) is 11.8. The number of ether oxygens (including phenoxy) is 1. The first-order valence-corrected chi connectivity index (χ1v) is 5.36. The summed E-state index contributed by atoms with van der Waals surface area (Å²) >= 11 is 2.23. The van der Waals surface area contributed by atoms with E-state index in [2.05, 4.69) is 37.5 Å². The molecule has 74 valence electrons. The third-order valence-electron chi connectivity index (χ3n) is 1.94. The van der Waals surface area contributed by atoms with Gasteiger partial charge in [0, 0.05) is 19.7 Å². The van der Waals surface area contributed by atoms with E-state index in [-0.39, 0.29) is 0 Å². The van der Waals surface area contributed by atoms with Crippen molar-refractivity contribution in [1.82, 2.24) is 15.0 Å². The lowest BCUT2D eigenvalue weighted by Gasteiger charge is -1.92. The van der Waals surface area contributed by atoms with Gasteiger partial charge in [0.15, 0.2) is 0 Å². The molecule has 2 aromatic heterocycles. The lowest BCUT2D eigenvalue weighted by Crippen LogP contribution is -1.95. The number of nitrogens with one attached hydrogen (secondary N) is 1. The number of H-pyrrole nitrogens is 1. The average molecular weight is 303 g/mol. The van der Waals surface area contributed by atoms with Gasteiger partial charge in [0.2, 0.25) is 0 Å². The van der Waals surface area contributed by atoms with Crippen molar-refractivity contribution in [2.24, 2.45) is 0 Å². The van der Waals surface area contributed by atoms with Crippen LogP contribution in [0, 0.1) is 3.57 Å². The Kier molecular flexibility index (Phi) is 2.97. The highest BCUT2D eigenvalue weighted by atomic mass is 127. The molecule has 0 unspecified atom stereocenters. The molecule has 0 amide bonds. The van der Waals surface area contributed by atoms with Gasteiger partial charge >= 0.3 is 0 Å². The second kappa shape index (κ2) is 4.22. The molecule has 2 rings (SSSR count). The summed E-state index contributed by atoms with van der Waals surface area (Å²) in [5.74, 6) is 0.952. The lowest BCUT2D eigenvalue weighted by molar-refractivity contribution is 0.201. The number of imidazole rings is 1. The number of pyridine rings is 1. The lowest BCUT2D eigenvalue weighted by atomic mass is 10.4. The summed E-state index contributed by atoms with van der Waals surface area (Å²) < 4.78 is 6.06. The Bertz CT molecular complexity index is 441. The van der Waals surface area contributed by atoms with Crippen molar-refractivity contribution < 1.29 is 4.74 Å². The molecule has 0 radical (unpaired) electrons. The quantitative estimate of drug-likeness (QED) is 0.879. The van der Waals surface area contributed by atoms with Crippen LogP contribution >= 0.6 is 22.6 Å². The van der Waals surface area contributed by atoms with Crippen LogP contribution in [0.25, 0.3) is 11.0 Å². The summed E-state index contributed by atoms with van der Waals surface area (Å²) in [7, 11) is 1.69. The standard InChI is InChI=1S/C9H10IN3O/c1-14-3-2-8-12-7-5-11-4-6(10)9(7)13-8/h4-5H,2-3H2,1H3,(H,12,13). The molecular formula is C9H10IN3O. The van der Waals surface area contributed by atoms with Gasteiger partial charge in [0.1, 0.15) is 11.3 Å². The Morgan fingerprint density at radius 2 is 2.36 bits per heavy atom. The maximum absolute atomic E-state index is 4.99. The maximum atomic E-state index is 4.99. The molecule has 1 N–H and O–H groups in total. The van der Waals surface area contributed by atoms with Crippen LogP contribution in [-0.2, 0) is 11.2 Å². The van der Waals surface area contributed by atoms with Crippen molar-refractivity contribution in [1.29, 1.82) is 0 Å². The monoisotopic (exact) mass is 303 g/mol. The van der Waals surface area contributed by atoms with Gasteiger partial charge in [-0.2, -0.15) is 0 Å². The minimum Gasteiger partial charge on any atom is -0.384 e. The number of methoxy groups -OCH3 is 1. The fraction of sp³-hybridized carbons (Fsp3) is 0.333. The zero-order valence-corrected chi connectivity index (χ0v) is 9.91. The van der Waals surface area contributed by atoms with E-state index in [1.165, 1.54) is 0 Å². The molecule has 0 aliphatic heterocycles. The molecule has 0 atom stereocenters.